The maximum Gasteiger partial charge on any atom is 0.306 e. The molecule has 1 heterocycles. The summed E-state index contributed by atoms with van der Waals surface area (Å²) in [6, 6.07) is 0. The Balaban J connectivity index is 1.78. The molecule has 0 aromatic rings. The van der Waals surface area contributed by atoms with Gasteiger partial charge in [0.15, 0.2) is 0 Å². The Kier molecular flexibility index (Phi) is 7.25. The van der Waals surface area contributed by atoms with Gasteiger partial charge in [-0.3, -0.25) is 14.4 Å². The lowest BCUT2D eigenvalue weighted by molar-refractivity contribution is -0.149. The molecule has 0 spiro atoms. The molecule has 0 aromatic carbocycles. The number of rotatable bonds is 10. The van der Waals surface area contributed by atoms with Crippen LogP contribution < -0.4 is 0 Å². The van der Waals surface area contributed by atoms with Crippen LogP contribution in [0.5, 0.6) is 0 Å². The van der Waals surface area contributed by atoms with E-state index in [2.05, 4.69) is 6.92 Å². The second kappa shape index (κ2) is 9.19. The number of ketones is 1. The first kappa shape index (κ1) is 18.9. The zero-order valence-corrected chi connectivity index (χ0v) is 14.9. The molecule has 24 heavy (non-hydrogen) atoms. The summed E-state index contributed by atoms with van der Waals surface area (Å²) in [7, 11) is 0. The Morgan fingerprint density at radius 3 is 2.62 bits per heavy atom. The second-order valence-corrected chi connectivity index (χ2v) is 7.19. The highest BCUT2D eigenvalue weighted by Gasteiger charge is 2.51. The van der Waals surface area contributed by atoms with Crippen molar-refractivity contribution >= 4 is 17.7 Å². The predicted octanol–water partition coefficient (Wildman–Crippen LogP) is 3.58. The van der Waals surface area contributed by atoms with Gasteiger partial charge in [0.05, 0.1) is 6.42 Å². The monoisotopic (exact) mass is 338 g/mol. The van der Waals surface area contributed by atoms with Gasteiger partial charge in [-0.05, 0) is 12.8 Å². The van der Waals surface area contributed by atoms with Crippen molar-refractivity contribution in [1.29, 1.82) is 0 Å². The van der Waals surface area contributed by atoms with Crippen LogP contribution in [0.4, 0.5) is 0 Å². The van der Waals surface area contributed by atoms with Gasteiger partial charge in [-0.15, -0.1) is 0 Å². The smallest absolute Gasteiger partial charge is 0.306 e. The summed E-state index contributed by atoms with van der Waals surface area (Å²) in [5.41, 5.74) is 0. The normalized spacial score (nSPS) is 28.5. The summed E-state index contributed by atoms with van der Waals surface area (Å²) < 4.78 is 10.7. The van der Waals surface area contributed by atoms with Gasteiger partial charge >= 0.3 is 11.9 Å². The van der Waals surface area contributed by atoms with E-state index >= 15 is 0 Å². The van der Waals surface area contributed by atoms with Crippen molar-refractivity contribution in [3.63, 3.8) is 0 Å². The van der Waals surface area contributed by atoms with Crippen LogP contribution in [0.1, 0.15) is 78.1 Å². The summed E-state index contributed by atoms with van der Waals surface area (Å²) in [6.45, 7) is 3.58. The maximum atomic E-state index is 12.1. The molecule has 4 atom stereocenters. The first-order valence-corrected chi connectivity index (χ1v) is 9.39. The number of carbonyl (C=O) groups is 3. The lowest BCUT2D eigenvalue weighted by Crippen LogP contribution is -2.25. The van der Waals surface area contributed by atoms with Crippen LogP contribution in [-0.2, 0) is 23.9 Å². The molecular weight excluding hydrogens is 308 g/mol. The summed E-state index contributed by atoms with van der Waals surface area (Å²) in [6.07, 6.45) is 8.15. The van der Waals surface area contributed by atoms with Crippen molar-refractivity contribution in [2.45, 2.75) is 90.3 Å². The Morgan fingerprint density at radius 2 is 1.92 bits per heavy atom. The first-order valence-electron chi connectivity index (χ1n) is 9.39. The van der Waals surface area contributed by atoms with Crippen LogP contribution in [0.2, 0.25) is 0 Å². The van der Waals surface area contributed by atoms with E-state index in [-0.39, 0.29) is 41.8 Å². The Bertz CT molecular complexity index is 459. The largest absolute Gasteiger partial charge is 0.462 e. The minimum Gasteiger partial charge on any atom is -0.462 e. The molecule has 0 aromatic heterocycles. The Labute approximate surface area is 144 Å². The first-order chi connectivity index (χ1) is 11.5. The third-order valence-corrected chi connectivity index (χ3v) is 5.29. The number of carbonyl (C=O) groups excluding carboxylic acids is 3. The maximum absolute atomic E-state index is 12.1. The van der Waals surface area contributed by atoms with Crippen molar-refractivity contribution in [1.82, 2.24) is 0 Å². The van der Waals surface area contributed by atoms with E-state index in [4.69, 9.17) is 9.47 Å². The fourth-order valence-corrected chi connectivity index (χ4v) is 4.08. The number of hydrogen-bond acceptors (Lipinski definition) is 5. The number of hydrogen-bond donors (Lipinski definition) is 0. The number of esters is 2. The molecule has 1 aliphatic carbocycles. The Morgan fingerprint density at radius 1 is 1.17 bits per heavy atom. The number of unbranched alkanes of at least 4 members (excludes halogenated alkanes) is 4. The van der Waals surface area contributed by atoms with E-state index in [1.54, 1.807) is 0 Å². The van der Waals surface area contributed by atoms with Gasteiger partial charge in [-0.1, -0.05) is 32.6 Å². The summed E-state index contributed by atoms with van der Waals surface area (Å²) in [5, 5.41) is 0. The third kappa shape index (κ3) is 5.32. The predicted molar refractivity (Wildman–Crippen MR) is 89.3 cm³/mol. The lowest BCUT2D eigenvalue weighted by atomic mass is 9.87. The van der Waals surface area contributed by atoms with E-state index < -0.39 is 0 Å². The van der Waals surface area contributed by atoms with Crippen LogP contribution in [-0.4, -0.2) is 29.9 Å². The molecule has 0 N–H and O–H groups in total. The lowest BCUT2D eigenvalue weighted by Gasteiger charge is -2.22. The van der Waals surface area contributed by atoms with E-state index in [1.165, 1.54) is 26.2 Å². The van der Waals surface area contributed by atoms with E-state index in [9.17, 15) is 14.4 Å². The molecule has 1 saturated carbocycles. The average molecular weight is 338 g/mol. The highest BCUT2D eigenvalue weighted by atomic mass is 16.6. The van der Waals surface area contributed by atoms with Gasteiger partial charge in [0, 0.05) is 38.0 Å². The zero-order chi connectivity index (χ0) is 17.5. The third-order valence-electron chi connectivity index (χ3n) is 5.29. The van der Waals surface area contributed by atoms with Gasteiger partial charge in [-0.2, -0.15) is 0 Å². The highest BCUT2D eigenvalue weighted by molar-refractivity contribution is 5.78. The molecule has 2 aliphatic rings. The van der Waals surface area contributed by atoms with Gasteiger partial charge in [0.2, 0.25) is 0 Å². The molecule has 0 amide bonds. The number of ether oxygens (including phenoxy) is 2. The second-order valence-electron chi connectivity index (χ2n) is 7.19. The Hall–Kier alpha value is -1.39. The van der Waals surface area contributed by atoms with Gasteiger partial charge in [0.1, 0.15) is 18.0 Å². The molecule has 136 valence electrons. The summed E-state index contributed by atoms with van der Waals surface area (Å²) >= 11 is 0. The van der Waals surface area contributed by atoms with E-state index in [0.717, 1.165) is 12.8 Å². The molecule has 5 heteroatoms. The molecule has 0 bridgehead atoms. The standard InChI is InChI=1S/C19H30O5/c1-3-4-5-6-7-8-14(21)9-10-15-16-11-19(22)24-18(16)12-17(15)23-13(2)20/h15-18H,3-12H2,1-2H3/t15-,16-,17-,18?/m1/s1. The summed E-state index contributed by atoms with van der Waals surface area (Å²) in [5.74, 6) is -0.0348. The summed E-state index contributed by atoms with van der Waals surface area (Å²) in [4.78, 5) is 34.9. The molecule has 0 radical (unpaired) electrons. The number of Topliss-reactive ketones (excluding diaryl/α,β-unsaturated/α-hetero) is 1. The van der Waals surface area contributed by atoms with Crippen molar-refractivity contribution < 1.29 is 23.9 Å². The van der Waals surface area contributed by atoms with Crippen LogP contribution in [0.3, 0.4) is 0 Å². The zero-order valence-electron chi connectivity index (χ0n) is 14.9. The van der Waals surface area contributed by atoms with E-state index in [1.807, 2.05) is 0 Å². The molecule has 1 unspecified atom stereocenters. The average Bonchev–Trinajstić information content (AvgIpc) is 3.00. The minimum absolute atomic E-state index is 0.0643. The van der Waals surface area contributed by atoms with Crippen LogP contribution in [0.25, 0.3) is 0 Å². The van der Waals surface area contributed by atoms with Crippen molar-refractivity contribution in [2.75, 3.05) is 0 Å². The quantitative estimate of drug-likeness (QED) is 0.450. The van der Waals surface area contributed by atoms with Gasteiger partial charge in [0.25, 0.3) is 0 Å². The van der Waals surface area contributed by atoms with Crippen LogP contribution in [0.15, 0.2) is 0 Å². The van der Waals surface area contributed by atoms with Crippen molar-refractivity contribution in [3.05, 3.63) is 0 Å². The van der Waals surface area contributed by atoms with Gasteiger partial charge < -0.3 is 9.47 Å². The topological polar surface area (TPSA) is 69.7 Å². The van der Waals surface area contributed by atoms with Crippen LogP contribution >= 0.6 is 0 Å². The number of fused-ring (bicyclic) bond motifs is 1. The molecule has 5 nitrogen and oxygen atoms in total. The highest BCUT2D eigenvalue weighted by Crippen LogP contribution is 2.44. The molecular formula is C19H30O5. The van der Waals surface area contributed by atoms with E-state index in [0.29, 0.717) is 32.1 Å². The van der Waals surface area contributed by atoms with Crippen molar-refractivity contribution in [3.8, 4) is 0 Å². The van der Waals surface area contributed by atoms with Gasteiger partial charge in [-0.25, -0.2) is 0 Å². The minimum atomic E-state index is -0.307. The van der Waals surface area contributed by atoms with Crippen LogP contribution in [0, 0.1) is 11.8 Å². The SMILES string of the molecule is CCCCCCCC(=O)CC[C@H]1[C@H](OC(C)=O)CC2OC(=O)C[C@@H]21. The molecule has 1 saturated heterocycles. The molecule has 2 rings (SSSR count). The van der Waals surface area contributed by atoms with Crippen molar-refractivity contribution in [2.24, 2.45) is 11.8 Å². The fraction of sp³-hybridized carbons (Fsp3) is 0.842. The molecule has 1 aliphatic heterocycles. The fourth-order valence-electron chi connectivity index (χ4n) is 4.08. The molecule has 2 fully saturated rings.